The summed E-state index contributed by atoms with van der Waals surface area (Å²) < 4.78 is 10.5. The molecular weight excluding hydrogens is 214 g/mol. The highest BCUT2D eigenvalue weighted by molar-refractivity contribution is 5.55. The molecule has 0 aromatic heterocycles. The van der Waals surface area contributed by atoms with Crippen LogP contribution in [-0.4, -0.2) is 20.3 Å². The first kappa shape index (κ1) is 13.4. The Morgan fingerprint density at radius 1 is 1.18 bits per heavy atom. The van der Waals surface area contributed by atoms with E-state index in [9.17, 15) is 0 Å². The molecule has 0 aliphatic heterocycles. The Balaban J connectivity index is 2.90. The number of benzene rings is 1. The standard InChI is InChI=1S/C14H21NO2/c1-6-10(2)11(3)15-12-7-13(16-4)9-14(8-12)17-5/h6-9,11,15H,1-5H3/b10-6+. The molecule has 3 heteroatoms. The van der Waals surface area contributed by atoms with Crippen LogP contribution in [-0.2, 0) is 0 Å². The third kappa shape index (κ3) is 3.70. The van der Waals surface area contributed by atoms with E-state index < -0.39 is 0 Å². The largest absolute Gasteiger partial charge is 0.497 e. The minimum absolute atomic E-state index is 0.289. The zero-order chi connectivity index (χ0) is 12.8. The number of hydrogen-bond donors (Lipinski definition) is 1. The van der Waals surface area contributed by atoms with Gasteiger partial charge in [-0.15, -0.1) is 0 Å². The van der Waals surface area contributed by atoms with Crippen LogP contribution in [0.15, 0.2) is 29.8 Å². The Morgan fingerprint density at radius 2 is 1.71 bits per heavy atom. The number of ether oxygens (including phenoxy) is 2. The van der Waals surface area contributed by atoms with Gasteiger partial charge in [-0.25, -0.2) is 0 Å². The lowest BCUT2D eigenvalue weighted by atomic mass is 10.1. The SMILES string of the molecule is C/C=C(\C)C(C)Nc1cc(OC)cc(OC)c1. The number of rotatable bonds is 5. The van der Waals surface area contributed by atoms with E-state index in [2.05, 4.69) is 25.2 Å². The normalized spacial score (nSPS) is 13.1. The van der Waals surface area contributed by atoms with E-state index in [1.807, 2.05) is 25.1 Å². The fourth-order valence-electron chi connectivity index (χ4n) is 1.50. The van der Waals surface area contributed by atoms with E-state index in [1.54, 1.807) is 14.2 Å². The molecule has 0 bridgehead atoms. The van der Waals surface area contributed by atoms with Crippen LogP contribution in [0.2, 0.25) is 0 Å². The molecule has 1 aromatic carbocycles. The molecule has 1 unspecified atom stereocenters. The topological polar surface area (TPSA) is 30.5 Å². The van der Waals surface area contributed by atoms with Crippen molar-refractivity contribution in [3.05, 3.63) is 29.8 Å². The van der Waals surface area contributed by atoms with E-state index in [-0.39, 0.29) is 6.04 Å². The molecule has 1 atom stereocenters. The number of anilines is 1. The zero-order valence-electron chi connectivity index (χ0n) is 11.2. The minimum Gasteiger partial charge on any atom is -0.497 e. The molecule has 0 saturated carbocycles. The predicted molar refractivity (Wildman–Crippen MR) is 72.1 cm³/mol. The summed E-state index contributed by atoms with van der Waals surface area (Å²) in [4.78, 5) is 0. The maximum atomic E-state index is 5.23. The molecule has 0 spiro atoms. The Kier molecular flexibility index (Phi) is 4.88. The van der Waals surface area contributed by atoms with Crippen molar-refractivity contribution >= 4 is 5.69 Å². The van der Waals surface area contributed by atoms with E-state index in [4.69, 9.17) is 9.47 Å². The van der Waals surface area contributed by atoms with Crippen molar-refractivity contribution in [1.29, 1.82) is 0 Å². The molecule has 0 heterocycles. The van der Waals surface area contributed by atoms with Crippen molar-refractivity contribution < 1.29 is 9.47 Å². The number of allylic oxidation sites excluding steroid dienone is 1. The smallest absolute Gasteiger partial charge is 0.124 e. The van der Waals surface area contributed by atoms with Gasteiger partial charge in [0.15, 0.2) is 0 Å². The number of methoxy groups -OCH3 is 2. The Morgan fingerprint density at radius 3 is 2.12 bits per heavy atom. The molecule has 0 fully saturated rings. The first-order chi connectivity index (χ1) is 8.10. The second kappa shape index (κ2) is 6.18. The lowest BCUT2D eigenvalue weighted by Gasteiger charge is -2.17. The van der Waals surface area contributed by atoms with Crippen molar-refractivity contribution in [2.24, 2.45) is 0 Å². The van der Waals surface area contributed by atoms with Gasteiger partial charge in [-0.2, -0.15) is 0 Å². The molecule has 3 nitrogen and oxygen atoms in total. The fourth-order valence-corrected chi connectivity index (χ4v) is 1.50. The molecule has 0 aliphatic rings. The van der Waals surface area contributed by atoms with Crippen LogP contribution in [0.3, 0.4) is 0 Å². The summed E-state index contributed by atoms with van der Waals surface area (Å²) in [5.41, 5.74) is 2.29. The van der Waals surface area contributed by atoms with Crippen LogP contribution in [0.4, 0.5) is 5.69 Å². The van der Waals surface area contributed by atoms with Crippen LogP contribution in [0.25, 0.3) is 0 Å². The molecule has 0 saturated heterocycles. The van der Waals surface area contributed by atoms with Gasteiger partial charge >= 0.3 is 0 Å². The summed E-state index contributed by atoms with van der Waals surface area (Å²) in [6.45, 7) is 6.27. The van der Waals surface area contributed by atoms with Crippen LogP contribution >= 0.6 is 0 Å². The van der Waals surface area contributed by atoms with Crippen LogP contribution < -0.4 is 14.8 Å². The quantitative estimate of drug-likeness (QED) is 0.793. The van der Waals surface area contributed by atoms with Gasteiger partial charge in [-0.3, -0.25) is 0 Å². The van der Waals surface area contributed by atoms with Crippen LogP contribution in [0.5, 0.6) is 11.5 Å². The van der Waals surface area contributed by atoms with Gasteiger partial charge in [0.2, 0.25) is 0 Å². The van der Waals surface area contributed by atoms with Crippen LogP contribution in [0, 0.1) is 0 Å². The van der Waals surface area contributed by atoms with Gasteiger partial charge in [0.25, 0.3) is 0 Å². The van der Waals surface area contributed by atoms with Crippen molar-refractivity contribution in [3.8, 4) is 11.5 Å². The summed E-state index contributed by atoms with van der Waals surface area (Å²) in [5, 5.41) is 3.41. The fraction of sp³-hybridized carbons (Fsp3) is 0.429. The van der Waals surface area contributed by atoms with Crippen LogP contribution in [0.1, 0.15) is 20.8 Å². The summed E-state index contributed by atoms with van der Waals surface area (Å²) in [5.74, 6) is 1.58. The maximum Gasteiger partial charge on any atom is 0.124 e. The summed E-state index contributed by atoms with van der Waals surface area (Å²) >= 11 is 0. The molecule has 0 aliphatic carbocycles. The summed E-state index contributed by atoms with van der Waals surface area (Å²) in [6, 6.07) is 6.07. The Labute approximate surface area is 103 Å². The number of hydrogen-bond acceptors (Lipinski definition) is 3. The van der Waals surface area contributed by atoms with E-state index in [1.165, 1.54) is 5.57 Å². The second-order valence-corrected chi connectivity index (χ2v) is 4.00. The maximum absolute atomic E-state index is 5.23. The highest BCUT2D eigenvalue weighted by atomic mass is 16.5. The monoisotopic (exact) mass is 235 g/mol. The van der Waals surface area contributed by atoms with Gasteiger partial charge in [-0.05, 0) is 20.8 Å². The van der Waals surface area contributed by atoms with Gasteiger partial charge in [0, 0.05) is 29.9 Å². The highest BCUT2D eigenvalue weighted by Crippen LogP contribution is 2.26. The van der Waals surface area contributed by atoms with Gasteiger partial charge < -0.3 is 14.8 Å². The average Bonchev–Trinajstić information content (AvgIpc) is 2.36. The van der Waals surface area contributed by atoms with Gasteiger partial charge in [0.05, 0.1) is 14.2 Å². The van der Waals surface area contributed by atoms with Crippen molar-refractivity contribution in [2.45, 2.75) is 26.8 Å². The van der Waals surface area contributed by atoms with E-state index in [0.29, 0.717) is 0 Å². The number of nitrogens with one attached hydrogen (secondary N) is 1. The first-order valence-corrected chi connectivity index (χ1v) is 5.73. The highest BCUT2D eigenvalue weighted by Gasteiger charge is 2.06. The van der Waals surface area contributed by atoms with E-state index >= 15 is 0 Å². The third-order valence-corrected chi connectivity index (χ3v) is 2.87. The Hall–Kier alpha value is -1.64. The lowest BCUT2D eigenvalue weighted by molar-refractivity contribution is 0.394. The average molecular weight is 235 g/mol. The molecule has 1 rings (SSSR count). The molecular formula is C14H21NO2. The molecule has 0 radical (unpaired) electrons. The van der Waals surface area contributed by atoms with Gasteiger partial charge in [0.1, 0.15) is 11.5 Å². The van der Waals surface area contributed by atoms with Crippen molar-refractivity contribution in [1.82, 2.24) is 0 Å². The van der Waals surface area contributed by atoms with Crippen molar-refractivity contribution in [2.75, 3.05) is 19.5 Å². The second-order valence-electron chi connectivity index (χ2n) is 4.00. The molecule has 1 N–H and O–H groups in total. The van der Waals surface area contributed by atoms with Crippen molar-refractivity contribution in [3.63, 3.8) is 0 Å². The van der Waals surface area contributed by atoms with Gasteiger partial charge in [-0.1, -0.05) is 11.6 Å². The predicted octanol–water partition coefficient (Wildman–Crippen LogP) is 3.47. The zero-order valence-corrected chi connectivity index (χ0v) is 11.2. The molecule has 17 heavy (non-hydrogen) atoms. The summed E-state index contributed by atoms with van der Waals surface area (Å²) in [7, 11) is 3.30. The minimum atomic E-state index is 0.289. The molecule has 94 valence electrons. The molecule has 1 aromatic rings. The third-order valence-electron chi connectivity index (χ3n) is 2.87. The summed E-state index contributed by atoms with van der Waals surface area (Å²) in [6.07, 6.45) is 2.11. The lowest BCUT2D eigenvalue weighted by Crippen LogP contribution is -2.16. The van der Waals surface area contributed by atoms with E-state index in [0.717, 1.165) is 17.2 Å². The Bertz CT molecular complexity index is 377. The first-order valence-electron chi connectivity index (χ1n) is 5.73. The molecule has 0 amide bonds.